The van der Waals surface area contributed by atoms with E-state index in [0.717, 1.165) is 6.04 Å². The molecule has 0 atom stereocenters. The Kier molecular flexibility index (Phi) is 6.33. The van der Waals surface area contributed by atoms with Gasteiger partial charge in [0, 0.05) is 0 Å². The molecule has 0 aromatic heterocycles. The summed E-state index contributed by atoms with van der Waals surface area (Å²) >= 11 is 0. The fourth-order valence-electron chi connectivity index (χ4n) is 0.580. The van der Waals surface area contributed by atoms with E-state index in [-0.39, 0.29) is 5.60 Å². The molecule has 0 aromatic carbocycles. The zero-order valence-corrected chi connectivity index (χ0v) is 9.22. The molecule has 0 aromatic rings. The van der Waals surface area contributed by atoms with E-state index in [0.29, 0.717) is 23.0 Å². The van der Waals surface area contributed by atoms with Gasteiger partial charge >= 0.3 is 0 Å². The fraction of sp³-hybridized carbons (Fsp3) is 0.778. The topological polar surface area (TPSA) is 18.5 Å². The average molecular weight is 186 g/mol. The van der Waals surface area contributed by atoms with Gasteiger partial charge < -0.3 is 9.16 Å². The van der Waals surface area contributed by atoms with Crippen molar-refractivity contribution >= 4 is 9.76 Å². The molecule has 2 radical (unpaired) electrons. The van der Waals surface area contributed by atoms with Crippen LogP contribution in [0.3, 0.4) is 0 Å². The zero-order valence-electron chi connectivity index (χ0n) is 8.22. The van der Waals surface area contributed by atoms with Gasteiger partial charge in [-0.25, -0.2) is 0 Å². The van der Waals surface area contributed by atoms with Crippen molar-refractivity contribution in [3.05, 3.63) is 12.7 Å². The van der Waals surface area contributed by atoms with E-state index in [1.54, 1.807) is 0 Å². The van der Waals surface area contributed by atoms with Gasteiger partial charge in [-0.2, -0.15) is 0 Å². The molecule has 0 spiro atoms. The van der Waals surface area contributed by atoms with Gasteiger partial charge in [0.2, 0.25) is 9.76 Å². The van der Waals surface area contributed by atoms with Gasteiger partial charge in [0.15, 0.2) is 0 Å². The van der Waals surface area contributed by atoms with Crippen LogP contribution in [0.5, 0.6) is 0 Å². The van der Waals surface area contributed by atoms with Crippen LogP contribution in [0, 0.1) is 0 Å². The highest BCUT2D eigenvalue weighted by atomic mass is 28.2. The van der Waals surface area contributed by atoms with Gasteiger partial charge in [-0.05, 0) is 26.8 Å². The summed E-state index contributed by atoms with van der Waals surface area (Å²) in [5, 5.41) is 0. The maximum absolute atomic E-state index is 5.46. The SMILES string of the molecule is C=CC[Si]OCCOC(C)(C)C. The summed E-state index contributed by atoms with van der Waals surface area (Å²) in [6.45, 7) is 11.1. The number of ether oxygens (including phenoxy) is 1. The van der Waals surface area contributed by atoms with Crippen LogP contribution >= 0.6 is 0 Å². The molecule has 2 nitrogen and oxygen atoms in total. The fourth-order valence-corrected chi connectivity index (χ4v) is 1.04. The molecule has 0 saturated carbocycles. The molecule has 0 aliphatic carbocycles. The summed E-state index contributed by atoms with van der Waals surface area (Å²) in [6.07, 6.45) is 1.86. The Morgan fingerprint density at radius 3 is 2.50 bits per heavy atom. The van der Waals surface area contributed by atoms with Gasteiger partial charge in [0.1, 0.15) is 0 Å². The molecule has 3 heteroatoms. The van der Waals surface area contributed by atoms with E-state index in [1.165, 1.54) is 0 Å². The highest BCUT2D eigenvalue weighted by Gasteiger charge is 2.08. The van der Waals surface area contributed by atoms with Crippen molar-refractivity contribution in [2.75, 3.05) is 13.2 Å². The third kappa shape index (κ3) is 9.88. The number of hydrogen-bond acceptors (Lipinski definition) is 2. The first-order valence-corrected chi connectivity index (χ1v) is 5.27. The minimum atomic E-state index is -0.0507. The van der Waals surface area contributed by atoms with Crippen LogP contribution in [-0.4, -0.2) is 28.6 Å². The molecule has 0 heterocycles. The lowest BCUT2D eigenvalue weighted by molar-refractivity contribution is -0.0160. The lowest BCUT2D eigenvalue weighted by Crippen LogP contribution is -2.22. The first-order chi connectivity index (χ1) is 5.56. The van der Waals surface area contributed by atoms with Crippen LogP contribution in [-0.2, 0) is 9.16 Å². The van der Waals surface area contributed by atoms with Gasteiger partial charge in [0.05, 0.1) is 18.8 Å². The quantitative estimate of drug-likeness (QED) is 0.359. The van der Waals surface area contributed by atoms with Crippen LogP contribution < -0.4 is 0 Å². The Hall–Kier alpha value is -0.123. The summed E-state index contributed by atoms with van der Waals surface area (Å²) < 4.78 is 10.8. The molecule has 0 aliphatic rings. The van der Waals surface area contributed by atoms with E-state index in [4.69, 9.17) is 9.16 Å². The van der Waals surface area contributed by atoms with Crippen molar-refractivity contribution in [3.8, 4) is 0 Å². The summed E-state index contributed by atoms with van der Waals surface area (Å²) in [5.74, 6) is 0. The van der Waals surface area contributed by atoms with Gasteiger partial charge in [-0.1, -0.05) is 6.08 Å². The Balaban J connectivity index is 3.06. The maximum Gasteiger partial charge on any atom is 0.233 e. The standard InChI is InChI=1S/C9H18O2Si/c1-5-8-12-11-7-6-10-9(2,3)4/h5H,1,6-8H2,2-4H3. The summed E-state index contributed by atoms with van der Waals surface area (Å²) in [5.41, 5.74) is -0.0507. The lowest BCUT2D eigenvalue weighted by atomic mass is 10.2. The summed E-state index contributed by atoms with van der Waals surface area (Å²) in [7, 11) is 0.527. The molecule has 0 fully saturated rings. The normalized spacial score (nSPS) is 11.6. The van der Waals surface area contributed by atoms with Crippen LogP contribution in [0.4, 0.5) is 0 Å². The van der Waals surface area contributed by atoms with Crippen molar-refractivity contribution < 1.29 is 9.16 Å². The third-order valence-corrected chi connectivity index (χ3v) is 1.91. The van der Waals surface area contributed by atoms with Gasteiger partial charge in [-0.15, -0.1) is 6.58 Å². The van der Waals surface area contributed by atoms with Gasteiger partial charge in [0.25, 0.3) is 0 Å². The molecule has 0 rings (SSSR count). The Morgan fingerprint density at radius 1 is 1.33 bits per heavy atom. The van der Waals surface area contributed by atoms with Crippen LogP contribution in [0.25, 0.3) is 0 Å². The molecule has 0 unspecified atom stereocenters. The largest absolute Gasteiger partial charge is 0.415 e. The van der Waals surface area contributed by atoms with E-state index in [2.05, 4.69) is 6.58 Å². The van der Waals surface area contributed by atoms with E-state index < -0.39 is 0 Å². The van der Waals surface area contributed by atoms with E-state index >= 15 is 0 Å². The zero-order chi connectivity index (χ0) is 9.45. The van der Waals surface area contributed by atoms with Crippen LogP contribution in [0.2, 0.25) is 6.04 Å². The Bertz CT molecular complexity index is 118. The van der Waals surface area contributed by atoms with Gasteiger partial charge in [-0.3, -0.25) is 0 Å². The van der Waals surface area contributed by atoms with Crippen molar-refractivity contribution in [1.29, 1.82) is 0 Å². The second kappa shape index (κ2) is 6.40. The number of rotatable bonds is 6. The molecule has 70 valence electrons. The monoisotopic (exact) mass is 186 g/mol. The van der Waals surface area contributed by atoms with E-state index in [1.807, 2.05) is 26.8 Å². The molecule has 0 aliphatic heterocycles. The predicted octanol–water partition coefficient (Wildman–Crippen LogP) is 2.04. The molecule has 0 amide bonds. The second-order valence-corrected chi connectivity index (χ2v) is 4.43. The van der Waals surface area contributed by atoms with Crippen LogP contribution in [0.1, 0.15) is 20.8 Å². The molecular formula is C9H18O2Si. The molecular weight excluding hydrogens is 168 g/mol. The minimum absolute atomic E-state index is 0.0507. The molecule has 0 saturated heterocycles. The maximum atomic E-state index is 5.46. The third-order valence-electron chi connectivity index (χ3n) is 1.05. The smallest absolute Gasteiger partial charge is 0.233 e. The first-order valence-electron chi connectivity index (χ1n) is 4.16. The van der Waals surface area contributed by atoms with Crippen molar-refractivity contribution in [1.82, 2.24) is 0 Å². The number of hydrogen-bond donors (Lipinski definition) is 0. The van der Waals surface area contributed by atoms with Crippen molar-refractivity contribution in [3.63, 3.8) is 0 Å². The van der Waals surface area contributed by atoms with Crippen LogP contribution in [0.15, 0.2) is 12.7 Å². The lowest BCUT2D eigenvalue weighted by Gasteiger charge is -2.19. The summed E-state index contributed by atoms with van der Waals surface area (Å²) in [4.78, 5) is 0. The molecule has 12 heavy (non-hydrogen) atoms. The van der Waals surface area contributed by atoms with Crippen molar-refractivity contribution in [2.45, 2.75) is 32.4 Å². The minimum Gasteiger partial charge on any atom is -0.415 e. The average Bonchev–Trinajstić information content (AvgIpc) is 1.94. The Morgan fingerprint density at radius 2 is 2.00 bits per heavy atom. The highest BCUT2D eigenvalue weighted by Crippen LogP contribution is 2.05. The molecule has 0 bridgehead atoms. The Labute approximate surface area is 77.9 Å². The van der Waals surface area contributed by atoms with Crippen molar-refractivity contribution in [2.24, 2.45) is 0 Å². The highest BCUT2D eigenvalue weighted by molar-refractivity contribution is 6.27. The first kappa shape index (κ1) is 11.9. The molecule has 0 N–H and O–H groups in total. The summed E-state index contributed by atoms with van der Waals surface area (Å²) in [6, 6.07) is 0.940. The predicted molar refractivity (Wildman–Crippen MR) is 52.4 cm³/mol. The van der Waals surface area contributed by atoms with E-state index in [9.17, 15) is 0 Å². The second-order valence-electron chi connectivity index (χ2n) is 3.45. The number of allylic oxidation sites excluding steroid dienone is 1.